The van der Waals surface area contributed by atoms with Crippen LogP contribution in [-0.4, -0.2) is 30.2 Å². The van der Waals surface area contributed by atoms with Crippen molar-refractivity contribution in [3.63, 3.8) is 0 Å². The fraction of sp³-hybridized carbons (Fsp3) is 0.750. The number of methoxy groups -OCH3 is 1. The zero-order valence-electron chi connectivity index (χ0n) is 14.0. The minimum atomic E-state index is -0.416. The summed E-state index contributed by atoms with van der Waals surface area (Å²) >= 11 is 0. The van der Waals surface area contributed by atoms with Crippen molar-refractivity contribution in [1.82, 2.24) is 9.97 Å². The van der Waals surface area contributed by atoms with E-state index in [1.165, 1.54) is 0 Å². The topological polar surface area (TPSA) is 56.3 Å². The first-order chi connectivity index (χ1) is 10.2. The van der Waals surface area contributed by atoms with E-state index in [1.54, 1.807) is 7.11 Å². The summed E-state index contributed by atoms with van der Waals surface area (Å²) < 4.78 is 11.2. The number of aromatic nitrogens is 2. The molecule has 0 spiro atoms. The van der Waals surface area contributed by atoms with Gasteiger partial charge in [0.1, 0.15) is 11.4 Å². The first-order valence-corrected chi connectivity index (χ1v) is 7.90. The zero-order chi connectivity index (χ0) is 15.7. The molecular formula is C16H29N3O2. The molecule has 0 saturated carbocycles. The van der Waals surface area contributed by atoms with E-state index in [9.17, 15) is 0 Å². The van der Waals surface area contributed by atoms with Gasteiger partial charge in [0, 0.05) is 26.3 Å². The Morgan fingerprint density at radius 1 is 1.14 bits per heavy atom. The van der Waals surface area contributed by atoms with Crippen LogP contribution in [0.3, 0.4) is 0 Å². The fourth-order valence-electron chi connectivity index (χ4n) is 2.38. The SMILES string of the molecule is CCCNc1cc(COC)nc(C(CC)(CC)OCC)n1. The van der Waals surface area contributed by atoms with Crippen molar-refractivity contribution in [2.75, 3.05) is 25.6 Å². The van der Waals surface area contributed by atoms with Gasteiger partial charge in [-0.25, -0.2) is 9.97 Å². The number of hydrogen-bond acceptors (Lipinski definition) is 5. The molecule has 0 aliphatic rings. The third-order valence-corrected chi connectivity index (χ3v) is 3.60. The standard InChI is InChI=1S/C16H29N3O2/c1-6-10-17-14-11-13(12-20-5)18-15(19-14)16(7-2,8-3)21-9-4/h11H,6-10,12H2,1-5H3,(H,17,18,19). The molecule has 21 heavy (non-hydrogen) atoms. The Morgan fingerprint density at radius 2 is 1.86 bits per heavy atom. The first kappa shape index (κ1) is 17.9. The summed E-state index contributed by atoms with van der Waals surface area (Å²) in [7, 11) is 1.68. The Hall–Kier alpha value is -1.20. The summed E-state index contributed by atoms with van der Waals surface area (Å²) in [5.74, 6) is 1.60. The molecule has 1 aromatic heterocycles. The highest BCUT2D eigenvalue weighted by Crippen LogP contribution is 2.31. The van der Waals surface area contributed by atoms with Gasteiger partial charge in [0.15, 0.2) is 5.82 Å². The lowest BCUT2D eigenvalue weighted by Crippen LogP contribution is -2.31. The average Bonchev–Trinajstić information content (AvgIpc) is 2.51. The molecule has 1 heterocycles. The van der Waals surface area contributed by atoms with Gasteiger partial charge in [-0.15, -0.1) is 0 Å². The minimum absolute atomic E-state index is 0.416. The van der Waals surface area contributed by atoms with Crippen LogP contribution >= 0.6 is 0 Å². The third-order valence-electron chi connectivity index (χ3n) is 3.60. The molecule has 0 amide bonds. The fourth-order valence-corrected chi connectivity index (χ4v) is 2.38. The molecule has 1 rings (SSSR count). The van der Waals surface area contributed by atoms with Crippen LogP contribution in [0.2, 0.25) is 0 Å². The Bertz CT molecular complexity index is 420. The van der Waals surface area contributed by atoms with Crippen molar-refractivity contribution >= 4 is 5.82 Å². The Labute approximate surface area is 128 Å². The highest BCUT2D eigenvalue weighted by molar-refractivity contribution is 5.36. The molecule has 5 nitrogen and oxygen atoms in total. The van der Waals surface area contributed by atoms with Crippen molar-refractivity contribution in [3.05, 3.63) is 17.6 Å². The molecule has 0 radical (unpaired) electrons. The summed E-state index contributed by atoms with van der Waals surface area (Å²) in [4.78, 5) is 9.35. The van der Waals surface area contributed by atoms with Gasteiger partial charge in [0.25, 0.3) is 0 Å². The molecule has 0 saturated heterocycles. The van der Waals surface area contributed by atoms with E-state index < -0.39 is 5.60 Å². The Kier molecular flexibility index (Phi) is 7.61. The molecule has 0 aromatic carbocycles. The second-order valence-electron chi connectivity index (χ2n) is 5.06. The van der Waals surface area contributed by atoms with Gasteiger partial charge in [-0.3, -0.25) is 0 Å². The predicted molar refractivity (Wildman–Crippen MR) is 85.4 cm³/mol. The van der Waals surface area contributed by atoms with Crippen molar-refractivity contribution in [1.29, 1.82) is 0 Å². The highest BCUT2D eigenvalue weighted by Gasteiger charge is 2.33. The number of rotatable bonds is 10. The lowest BCUT2D eigenvalue weighted by atomic mass is 9.95. The van der Waals surface area contributed by atoms with E-state index in [-0.39, 0.29) is 0 Å². The Morgan fingerprint density at radius 3 is 2.38 bits per heavy atom. The van der Waals surface area contributed by atoms with Crippen LogP contribution in [0.1, 0.15) is 58.5 Å². The molecular weight excluding hydrogens is 266 g/mol. The summed E-state index contributed by atoms with van der Waals surface area (Å²) in [5, 5.41) is 3.33. The van der Waals surface area contributed by atoms with E-state index >= 15 is 0 Å². The van der Waals surface area contributed by atoms with Gasteiger partial charge in [0.05, 0.1) is 12.3 Å². The average molecular weight is 295 g/mol. The van der Waals surface area contributed by atoms with Gasteiger partial charge in [-0.2, -0.15) is 0 Å². The molecule has 0 aliphatic heterocycles. The number of nitrogens with one attached hydrogen (secondary N) is 1. The van der Waals surface area contributed by atoms with Gasteiger partial charge in [-0.1, -0.05) is 20.8 Å². The highest BCUT2D eigenvalue weighted by atomic mass is 16.5. The lowest BCUT2D eigenvalue weighted by Gasteiger charge is -2.30. The summed E-state index contributed by atoms with van der Waals surface area (Å²) in [6.07, 6.45) is 2.75. The first-order valence-electron chi connectivity index (χ1n) is 7.90. The van der Waals surface area contributed by atoms with E-state index in [1.807, 2.05) is 13.0 Å². The van der Waals surface area contributed by atoms with Crippen molar-refractivity contribution in [2.24, 2.45) is 0 Å². The van der Waals surface area contributed by atoms with Crippen LogP contribution in [-0.2, 0) is 21.7 Å². The number of ether oxygens (including phenoxy) is 2. The van der Waals surface area contributed by atoms with Gasteiger partial charge in [0.2, 0.25) is 0 Å². The van der Waals surface area contributed by atoms with Crippen LogP contribution in [0, 0.1) is 0 Å². The van der Waals surface area contributed by atoms with E-state index in [4.69, 9.17) is 9.47 Å². The summed E-state index contributed by atoms with van der Waals surface area (Å²) in [5.41, 5.74) is 0.466. The maximum atomic E-state index is 6.01. The largest absolute Gasteiger partial charge is 0.378 e. The molecule has 0 unspecified atom stereocenters. The van der Waals surface area contributed by atoms with E-state index in [0.29, 0.717) is 13.2 Å². The molecule has 1 N–H and O–H groups in total. The molecule has 1 aromatic rings. The van der Waals surface area contributed by atoms with Crippen LogP contribution in [0.25, 0.3) is 0 Å². The second kappa shape index (κ2) is 8.95. The normalized spacial score (nSPS) is 11.7. The molecule has 120 valence electrons. The molecule has 0 aliphatic carbocycles. The second-order valence-corrected chi connectivity index (χ2v) is 5.06. The third kappa shape index (κ3) is 4.64. The van der Waals surface area contributed by atoms with Crippen molar-refractivity contribution in [2.45, 2.75) is 59.2 Å². The van der Waals surface area contributed by atoms with Crippen LogP contribution < -0.4 is 5.32 Å². The van der Waals surface area contributed by atoms with Crippen molar-refractivity contribution < 1.29 is 9.47 Å². The van der Waals surface area contributed by atoms with Crippen LogP contribution in [0.15, 0.2) is 6.07 Å². The monoisotopic (exact) mass is 295 g/mol. The number of anilines is 1. The zero-order valence-corrected chi connectivity index (χ0v) is 14.0. The van der Waals surface area contributed by atoms with Gasteiger partial charge in [-0.05, 0) is 26.2 Å². The van der Waals surface area contributed by atoms with Gasteiger partial charge >= 0.3 is 0 Å². The smallest absolute Gasteiger partial charge is 0.162 e. The molecule has 0 bridgehead atoms. The van der Waals surface area contributed by atoms with Gasteiger partial charge < -0.3 is 14.8 Å². The Balaban J connectivity index is 3.20. The maximum absolute atomic E-state index is 6.01. The molecule has 0 fully saturated rings. The van der Waals surface area contributed by atoms with Crippen LogP contribution in [0.4, 0.5) is 5.82 Å². The predicted octanol–water partition coefficient (Wildman–Crippen LogP) is 3.50. The summed E-state index contributed by atoms with van der Waals surface area (Å²) in [6, 6.07) is 1.95. The number of nitrogens with zero attached hydrogens (tertiary/aromatic N) is 2. The van der Waals surface area contributed by atoms with Crippen LogP contribution in [0.5, 0.6) is 0 Å². The number of hydrogen-bond donors (Lipinski definition) is 1. The quantitative estimate of drug-likeness (QED) is 0.716. The molecule has 0 atom stereocenters. The maximum Gasteiger partial charge on any atom is 0.162 e. The van der Waals surface area contributed by atoms with E-state index in [2.05, 4.69) is 36.1 Å². The van der Waals surface area contributed by atoms with Crippen molar-refractivity contribution in [3.8, 4) is 0 Å². The molecule has 5 heteroatoms. The lowest BCUT2D eigenvalue weighted by molar-refractivity contribution is -0.0573. The summed E-state index contributed by atoms with van der Waals surface area (Å²) in [6.45, 7) is 10.4. The van der Waals surface area contributed by atoms with E-state index in [0.717, 1.165) is 43.1 Å². The minimum Gasteiger partial charge on any atom is -0.378 e.